The molecule has 0 radical (unpaired) electrons. The van der Waals surface area contributed by atoms with Gasteiger partial charge in [0.1, 0.15) is 5.52 Å². The zero-order chi connectivity index (χ0) is 9.94. The Labute approximate surface area is 96.7 Å². The van der Waals surface area contributed by atoms with Crippen molar-refractivity contribution in [2.45, 2.75) is 38.5 Å². The van der Waals surface area contributed by atoms with E-state index in [0.29, 0.717) is 11.9 Å². The standard InChI is InChI=1S/C9H16Br2O2/c10-7-5-3-1-2-4-6-9(12)13-8-11/h1-8H2. The van der Waals surface area contributed by atoms with Crippen molar-refractivity contribution >= 4 is 37.8 Å². The van der Waals surface area contributed by atoms with Gasteiger partial charge in [-0.3, -0.25) is 4.79 Å². The molecule has 0 bridgehead atoms. The average molecular weight is 316 g/mol. The van der Waals surface area contributed by atoms with Crippen LogP contribution in [0.5, 0.6) is 0 Å². The van der Waals surface area contributed by atoms with E-state index in [0.717, 1.165) is 18.2 Å². The molecule has 0 amide bonds. The van der Waals surface area contributed by atoms with Crippen LogP contribution >= 0.6 is 31.9 Å². The number of carbonyl (C=O) groups is 1. The van der Waals surface area contributed by atoms with Crippen molar-refractivity contribution in [2.24, 2.45) is 0 Å². The molecule has 0 aromatic rings. The molecule has 0 fully saturated rings. The van der Waals surface area contributed by atoms with Crippen molar-refractivity contribution in [3.8, 4) is 0 Å². The van der Waals surface area contributed by atoms with Crippen molar-refractivity contribution in [1.29, 1.82) is 0 Å². The highest BCUT2D eigenvalue weighted by molar-refractivity contribution is 9.09. The van der Waals surface area contributed by atoms with Gasteiger partial charge in [-0.05, 0) is 28.8 Å². The summed E-state index contributed by atoms with van der Waals surface area (Å²) in [6.45, 7) is 0. The summed E-state index contributed by atoms with van der Waals surface area (Å²) in [4.78, 5) is 10.9. The van der Waals surface area contributed by atoms with Crippen molar-refractivity contribution < 1.29 is 9.53 Å². The van der Waals surface area contributed by atoms with Gasteiger partial charge in [-0.25, -0.2) is 0 Å². The fraction of sp³-hybridized carbons (Fsp3) is 0.889. The zero-order valence-electron chi connectivity index (χ0n) is 7.73. The van der Waals surface area contributed by atoms with Gasteiger partial charge >= 0.3 is 5.97 Å². The second-order valence-corrected chi connectivity index (χ2v) is 4.08. The SMILES string of the molecule is O=C(CCCCCCCBr)OCBr. The Balaban J connectivity index is 3.02. The van der Waals surface area contributed by atoms with E-state index < -0.39 is 0 Å². The summed E-state index contributed by atoms with van der Waals surface area (Å²) in [7, 11) is 0. The van der Waals surface area contributed by atoms with Crippen LogP contribution < -0.4 is 0 Å². The Morgan fingerprint density at radius 1 is 1.00 bits per heavy atom. The number of carbonyl (C=O) groups excluding carboxylic acids is 1. The van der Waals surface area contributed by atoms with E-state index in [-0.39, 0.29) is 5.97 Å². The Morgan fingerprint density at radius 3 is 2.23 bits per heavy atom. The molecule has 0 spiro atoms. The summed E-state index contributed by atoms with van der Waals surface area (Å²) in [6.07, 6.45) is 6.33. The minimum atomic E-state index is -0.0997. The predicted molar refractivity (Wildman–Crippen MR) is 61.4 cm³/mol. The van der Waals surface area contributed by atoms with Gasteiger partial charge in [0.25, 0.3) is 0 Å². The molecule has 13 heavy (non-hydrogen) atoms. The quantitative estimate of drug-likeness (QED) is 0.388. The van der Waals surface area contributed by atoms with Crippen LogP contribution in [0.3, 0.4) is 0 Å². The van der Waals surface area contributed by atoms with Gasteiger partial charge in [0.15, 0.2) is 0 Å². The number of hydrogen-bond donors (Lipinski definition) is 0. The first kappa shape index (κ1) is 13.4. The molecule has 2 nitrogen and oxygen atoms in total. The Hall–Kier alpha value is 0.430. The highest BCUT2D eigenvalue weighted by atomic mass is 79.9. The maximum atomic E-state index is 10.9. The molecular weight excluding hydrogens is 300 g/mol. The van der Waals surface area contributed by atoms with Gasteiger partial charge in [-0.15, -0.1) is 0 Å². The fourth-order valence-corrected chi connectivity index (χ4v) is 1.68. The van der Waals surface area contributed by atoms with Crippen LogP contribution in [-0.4, -0.2) is 16.8 Å². The van der Waals surface area contributed by atoms with E-state index in [4.69, 9.17) is 4.74 Å². The highest BCUT2D eigenvalue weighted by Crippen LogP contribution is 2.07. The predicted octanol–water partition coefficient (Wildman–Crippen LogP) is 3.62. The molecule has 0 unspecified atom stereocenters. The first-order chi connectivity index (χ1) is 6.31. The van der Waals surface area contributed by atoms with Crippen molar-refractivity contribution in [1.82, 2.24) is 0 Å². The van der Waals surface area contributed by atoms with Crippen LogP contribution in [0.15, 0.2) is 0 Å². The van der Waals surface area contributed by atoms with Gasteiger partial charge in [-0.1, -0.05) is 35.2 Å². The highest BCUT2D eigenvalue weighted by Gasteiger charge is 2.00. The molecule has 0 saturated carbocycles. The third-order valence-electron chi connectivity index (χ3n) is 1.73. The summed E-state index contributed by atoms with van der Waals surface area (Å²) >= 11 is 6.43. The van der Waals surface area contributed by atoms with Crippen LogP contribution in [-0.2, 0) is 9.53 Å². The molecule has 0 N–H and O–H groups in total. The molecule has 0 aliphatic carbocycles. The molecular formula is C9H16Br2O2. The first-order valence-electron chi connectivity index (χ1n) is 4.58. The van der Waals surface area contributed by atoms with Crippen molar-refractivity contribution in [2.75, 3.05) is 10.8 Å². The van der Waals surface area contributed by atoms with E-state index in [1.54, 1.807) is 0 Å². The monoisotopic (exact) mass is 314 g/mol. The summed E-state index contributed by atoms with van der Waals surface area (Å²) in [6, 6.07) is 0. The molecule has 0 aromatic carbocycles. The van der Waals surface area contributed by atoms with E-state index in [2.05, 4.69) is 31.9 Å². The maximum absolute atomic E-state index is 10.9. The van der Waals surface area contributed by atoms with Crippen LogP contribution in [0.25, 0.3) is 0 Å². The summed E-state index contributed by atoms with van der Waals surface area (Å²) in [5.74, 6) is -0.0997. The number of halogens is 2. The van der Waals surface area contributed by atoms with Crippen LogP contribution in [0.1, 0.15) is 38.5 Å². The summed E-state index contributed by atoms with van der Waals surface area (Å²) in [5.41, 5.74) is 0.315. The molecule has 0 atom stereocenters. The van der Waals surface area contributed by atoms with Gasteiger partial charge in [0.2, 0.25) is 0 Å². The number of rotatable bonds is 8. The first-order valence-corrected chi connectivity index (χ1v) is 6.83. The third kappa shape index (κ3) is 10.4. The minimum absolute atomic E-state index is 0.0997. The Bertz CT molecular complexity index is 129. The second-order valence-electron chi connectivity index (χ2n) is 2.83. The molecule has 0 aliphatic heterocycles. The molecule has 4 heteroatoms. The molecule has 0 heterocycles. The maximum Gasteiger partial charge on any atom is 0.306 e. The number of alkyl halides is 2. The molecule has 0 saturated heterocycles. The van der Waals surface area contributed by atoms with Gasteiger partial charge < -0.3 is 4.74 Å². The van der Waals surface area contributed by atoms with Gasteiger partial charge in [-0.2, -0.15) is 0 Å². The van der Waals surface area contributed by atoms with Crippen LogP contribution in [0.4, 0.5) is 0 Å². The van der Waals surface area contributed by atoms with Gasteiger partial charge in [0.05, 0.1) is 0 Å². The van der Waals surface area contributed by atoms with Crippen molar-refractivity contribution in [3.63, 3.8) is 0 Å². The fourth-order valence-electron chi connectivity index (χ4n) is 1.03. The Kier molecular flexibility index (Phi) is 10.9. The lowest BCUT2D eigenvalue weighted by Gasteiger charge is -2.00. The zero-order valence-corrected chi connectivity index (χ0v) is 10.9. The van der Waals surface area contributed by atoms with Gasteiger partial charge in [0, 0.05) is 11.8 Å². The van der Waals surface area contributed by atoms with E-state index >= 15 is 0 Å². The smallest absolute Gasteiger partial charge is 0.306 e. The number of hydrogen-bond acceptors (Lipinski definition) is 2. The molecule has 78 valence electrons. The molecule has 0 aromatic heterocycles. The van der Waals surface area contributed by atoms with Crippen LogP contribution in [0, 0.1) is 0 Å². The number of ether oxygens (including phenoxy) is 1. The molecule has 0 rings (SSSR count). The normalized spacial score (nSPS) is 10.0. The summed E-state index contributed by atoms with van der Waals surface area (Å²) < 4.78 is 4.74. The third-order valence-corrected chi connectivity index (χ3v) is 2.52. The largest absolute Gasteiger partial charge is 0.454 e. The van der Waals surface area contributed by atoms with E-state index in [1.165, 1.54) is 19.3 Å². The minimum Gasteiger partial charge on any atom is -0.454 e. The van der Waals surface area contributed by atoms with Crippen molar-refractivity contribution in [3.05, 3.63) is 0 Å². The lowest BCUT2D eigenvalue weighted by molar-refractivity contribution is -0.141. The van der Waals surface area contributed by atoms with E-state index in [9.17, 15) is 4.79 Å². The van der Waals surface area contributed by atoms with Crippen LogP contribution in [0.2, 0.25) is 0 Å². The number of esters is 1. The topological polar surface area (TPSA) is 26.3 Å². The lowest BCUT2D eigenvalue weighted by Crippen LogP contribution is -2.01. The number of unbranched alkanes of at least 4 members (excludes halogenated alkanes) is 4. The molecule has 0 aliphatic rings. The Morgan fingerprint density at radius 2 is 1.62 bits per heavy atom. The lowest BCUT2D eigenvalue weighted by atomic mass is 10.1. The van der Waals surface area contributed by atoms with E-state index in [1.807, 2.05) is 0 Å². The average Bonchev–Trinajstić information content (AvgIpc) is 2.11. The second kappa shape index (κ2) is 10.5. The summed E-state index contributed by atoms with van der Waals surface area (Å²) in [5, 5.41) is 1.08.